The number of hydrogen-bond donors (Lipinski definition) is 1. The molecule has 0 fully saturated rings. The van der Waals surface area contributed by atoms with Gasteiger partial charge in [0.25, 0.3) is 0 Å². The Hall–Kier alpha value is -3.22. The predicted octanol–water partition coefficient (Wildman–Crippen LogP) is 2.64. The summed E-state index contributed by atoms with van der Waals surface area (Å²) in [6.45, 7) is 3.60. The number of fused-ring (bicyclic) bond motifs is 1. The standard InChI is InChI=1S/C18H18N4O3/c1-12(2)25-18(24)13-6-5-7-14(10-13)19-17(23)11-22-16-9-4-3-8-15(16)20-21-22/h3-10,12H,11H2,1-2H3,(H,19,23). The van der Waals surface area contributed by atoms with E-state index in [1.165, 1.54) is 4.68 Å². The van der Waals surface area contributed by atoms with Crippen molar-refractivity contribution in [3.63, 3.8) is 0 Å². The molecule has 1 N–H and O–H groups in total. The van der Waals surface area contributed by atoms with Crippen LogP contribution in [0.5, 0.6) is 0 Å². The Labute approximate surface area is 144 Å². The van der Waals surface area contributed by atoms with Crippen LogP contribution in [0.4, 0.5) is 5.69 Å². The maximum Gasteiger partial charge on any atom is 0.338 e. The number of esters is 1. The van der Waals surface area contributed by atoms with Crippen molar-refractivity contribution >= 4 is 28.6 Å². The van der Waals surface area contributed by atoms with Crippen LogP contribution in [-0.2, 0) is 16.1 Å². The van der Waals surface area contributed by atoms with Crippen LogP contribution in [-0.4, -0.2) is 33.0 Å². The first-order chi connectivity index (χ1) is 12.0. The van der Waals surface area contributed by atoms with Crippen molar-refractivity contribution in [1.82, 2.24) is 15.0 Å². The van der Waals surface area contributed by atoms with Gasteiger partial charge >= 0.3 is 5.97 Å². The van der Waals surface area contributed by atoms with Crippen LogP contribution in [0.15, 0.2) is 48.5 Å². The molecule has 0 saturated heterocycles. The Morgan fingerprint density at radius 3 is 2.76 bits per heavy atom. The van der Waals surface area contributed by atoms with Crippen LogP contribution in [0, 0.1) is 0 Å². The van der Waals surface area contributed by atoms with E-state index in [4.69, 9.17) is 4.74 Å². The minimum Gasteiger partial charge on any atom is -0.459 e. The molecule has 1 amide bonds. The number of ether oxygens (including phenoxy) is 1. The number of anilines is 1. The van der Waals surface area contributed by atoms with Gasteiger partial charge in [0.15, 0.2) is 0 Å². The van der Waals surface area contributed by atoms with E-state index in [9.17, 15) is 9.59 Å². The van der Waals surface area contributed by atoms with E-state index in [0.717, 1.165) is 11.0 Å². The third-order valence-electron chi connectivity index (χ3n) is 3.44. The SMILES string of the molecule is CC(C)OC(=O)c1cccc(NC(=O)Cn2nnc3ccccc32)c1. The van der Waals surface area contributed by atoms with E-state index in [-0.39, 0.29) is 18.6 Å². The highest BCUT2D eigenvalue weighted by atomic mass is 16.5. The predicted molar refractivity (Wildman–Crippen MR) is 93.2 cm³/mol. The number of rotatable bonds is 5. The molecule has 25 heavy (non-hydrogen) atoms. The normalized spacial score (nSPS) is 10.8. The van der Waals surface area contributed by atoms with Crippen LogP contribution in [0.3, 0.4) is 0 Å². The molecule has 0 bridgehead atoms. The van der Waals surface area contributed by atoms with E-state index in [1.54, 1.807) is 38.1 Å². The molecule has 0 saturated carbocycles. The number of carbonyl (C=O) groups excluding carboxylic acids is 2. The smallest absolute Gasteiger partial charge is 0.338 e. The molecule has 7 nitrogen and oxygen atoms in total. The van der Waals surface area contributed by atoms with Gasteiger partial charge in [0.2, 0.25) is 5.91 Å². The second-order valence-corrected chi connectivity index (χ2v) is 5.82. The quantitative estimate of drug-likeness (QED) is 0.723. The van der Waals surface area contributed by atoms with E-state index in [0.29, 0.717) is 11.3 Å². The molecule has 0 radical (unpaired) electrons. The minimum atomic E-state index is -0.423. The molecule has 7 heteroatoms. The fourth-order valence-corrected chi connectivity index (χ4v) is 2.38. The lowest BCUT2D eigenvalue weighted by Crippen LogP contribution is -2.20. The summed E-state index contributed by atoms with van der Waals surface area (Å²) >= 11 is 0. The number of aromatic nitrogens is 3. The first kappa shape index (κ1) is 16.6. The number of benzene rings is 2. The molecule has 0 unspecified atom stereocenters. The van der Waals surface area contributed by atoms with Crippen LogP contribution < -0.4 is 5.32 Å². The maximum atomic E-state index is 12.3. The first-order valence-corrected chi connectivity index (χ1v) is 7.92. The maximum absolute atomic E-state index is 12.3. The topological polar surface area (TPSA) is 86.1 Å². The minimum absolute atomic E-state index is 0.0289. The average molecular weight is 338 g/mol. The molecule has 128 valence electrons. The van der Waals surface area contributed by atoms with E-state index >= 15 is 0 Å². The number of hydrogen-bond acceptors (Lipinski definition) is 5. The summed E-state index contributed by atoms with van der Waals surface area (Å²) in [6.07, 6.45) is -0.202. The largest absolute Gasteiger partial charge is 0.459 e. The second-order valence-electron chi connectivity index (χ2n) is 5.82. The van der Waals surface area contributed by atoms with Crippen molar-refractivity contribution in [2.75, 3.05) is 5.32 Å². The molecule has 3 rings (SSSR count). The van der Waals surface area contributed by atoms with Crippen LogP contribution in [0.1, 0.15) is 24.2 Å². The van der Waals surface area contributed by atoms with Crippen molar-refractivity contribution in [2.45, 2.75) is 26.5 Å². The van der Waals surface area contributed by atoms with Gasteiger partial charge in [-0.1, -0.05) is 23.4 Å². The lowest BCUT2D eigenvalue weighted by Gasteiger charge is -2.10. The molecule has 0 spiro atoms. The number of amides is 1. The highest BCUT2D eigenvalue weighted by Gasteiger charge is 2.12. The molecule has 0 aliphatic rings. The Kier molecular flexibility index (Phi) is 4.74. The Morgan fingerprint density at radius 2 is 1.96 bits per heavy atom. The molecule has 2 aromatic carbocycles. The second kappa shape index (κ2) is 7.12. The Bertz CT molecular complexity index is 917. The summed E-state index contributed by atoms with van der Waals surface area (Å²) in [5, 5.41) is 10.8. The van der Waals surface area contributed by atoms with Crippen molar-refractivity contribution in [1.29, 1.82) is 0 Å². The first-order valence-electron chi connectivity index (χ1n) is 7.92. The van der Waals surface area contributed by atoms with Crippen LogP contribution in [0.25, 0.3) is 11.0 Å². The number of para-hydroxylation sites is 1. The highest BCUT2D eigenvalue weighted by Crippen LogP contribution is 2.14. The lowest BCUT2D eigenvalue weighted by molar-refractivity contribution is -0.116. The van der Waals surface area contributed by atoms with Crippen LogP contribution >= 0.6 is 0 Å². The zero-order valence-corrected chi connectivity index (χ0v) is 14.0. The summed E-state index contributed by atoms with van der Waals surface area (Å²) in [5.41, 5.74) is 2.42. The van der Waals surface area contributed by atoms with Crippen molar-refractivity contribution < 1.29 is 14.3 Å². The summed E-state index contributed by atoms with van der Waals surface area (Å²) in [7, 11) is 0. The summed E-state index contributed by atoms with van der Waals surface area (Å²) in [6, 6.07) is 14.0. The van der Waals surface area contributed by atoms with Gasteiger partial charge < -0.3 is 10.1 Å². The highest BCUT2D eigenvalue weighted by molar-refractivity contribution is 5.94. The molecular formula is C18H18N4O3. The van der Waals surface area contributed by atoms with Gasteiger partial charge in [-0.2, -0.15) is 0 Å². The fourth-order valence-electron chi connectivity index (χ4n) is 2.38. The van der Waals surface area contributed by atoms with Crippen LogP contribution in [0.2, 0.25) is 0 Å². The molecular weight excluding hydrogens is 320 g/mol. The lowest BCUT2D eigenvalue weighted by atomic mass is 10.2. The van der Waals surface area contributed by atoms with Gasteiger partial charge in [-0.3, -0.25) is 4.79 Å². The summed E-state index contributed by atoms with van der Waals surface area (Å²) in [4.78, 5) is 24.2. The van der Waals surface area contributed by atoms with Crippen molar-refractivity contribution in [3.05, 3.63) is 54.1 Å². The number of nitrogens with zero attached hydrogens (tertiary/aromatic N) is 3. The average Bonchev–Trinajstić information content (AvgIpc) is 2.97. The number of carbonyl (C=O) groups is 2. The van der Waals surface area contributed by atoms with Gasteiger partial charge in [0, 0.05) is 5.69 Å². The molecule has 0 atom stereocenters. The van der Waals surface area contributed by atoms with Gasteiger partial charge in [-0.25, -0.2) is 9.48 Å². The Morgan fingerprint density at radius 1 is 1.16 bits per heavy atom. The Balaban J connectivity index is 1.70. The molecule has 3 aromatic rings. The van der Waals surface area contributed by atoms with E-state index in [2.05, 4.69) is 15.6 Å². The van der Waals surface area contributed by atoms with E-state index < -0.39 is 5.97 Å². The monoisotopic (exact) mass is 338 g/mol. The molecule has 1 heterocycles. The summed E-state index contributed by atoms with van der Waals surface area (Å²) in [5.74, 6) is -0.682. The summed E-state index contributed by atoms with van der Waals surface area (Å²) < 4.78 is 6.68. The van der Waals surface area contributed by atoms with Gasteiger partial charge in [0.05, 0.1) is 17.2 Å². The van der Waals surface area contributed by atoms with E-state index in [1.807, 2.05) is 24.3 Å². The third kappa shape index (κ3) is 4.00. The molecule has 0 aliphatic heterocycles. The zero-order chi connectivity index (χ0) is 17.8. The van der Waals surface area contributed by atoms with Crippen molar-refractivity contribution in [2.24, 2.45) is 0 Å². The third-order valence-corrected chi connectivity index (χ3v) is 3.44. The molecule has 0 aliphatic carbocycles. The van der Waals surface area contributed by atoms with Crippen molar-refractivity contribution in [3.8, 4) is 0 Å². The molecule has 1 aromatic heterocycles. The number of nitrogens with one attached hydrogen (secondary N) is 1. The van der Waals surface area contributed by atoms with Gasteiger partial charge in [-0.05, 0) is 44.2 Å². The zero-order valence-electron chi connectivity index (χ0n) is 14.0. The van der Waals surface area contributed by atoms with Gasteiger partial charge in [-0.15, -0.1) is 5.10 Å². The fraction of sp³-hybridized carbons (Fsp3) is 0.222. The van der Waals surface area contributed by atoms with Gasteiger partial charge in [0.1, 0.15) is 12.1 Å².